The number of rotatable bonds is 4. The predicted molar refractivity (Wildman–Crippen MR) is 210 cm³/mol. The van der Waals surface area contributed by atoms with Gasteiger partial charge in [-0.2, -0.15) is 0 Å². The third-order valence-corrected chi connectivity index (χ3v) is 11.4. The lowest BCUT2D eigenvalue weighted by atomic mass is 9.66. The van der Waals surface area contributed by atoms with Crippen molar-refractivity contribution in [1.82, 2.24) is 0 Å². The summed E-state index contributed by atoms with van der Waals surface area (Å²) >= 11 is 12.0. The standard InChI is InChI=1S/2C22H14ClFN2O2/c2*23-14-7-5-13(6-8-14)19-20(27)26(16-11-9-15(24)10-12-16)22(19)17-3-1-2-4-18(17)25-21(22)28/h2*1-12,19H,(H,25,28)/t2*19-,22-/m10/s1. The smallest absolute Gasteiger partial charge is 0.256 e. The second-order valence-corrected chi connectivity index (χ2v) is 14.7. The minimum atomic E-state index is -1.22. The molecule has 4 amide bonds. The first-order chi connectivity index (χ1) is 27.1. The SMILES string of the molecule is O=C1[C@@H](c2ccc(Cl)cc2)[C@]2(C(=O)Nc3ccccc32)N1c1ccc(F)cc1.O=C1[C@H](c2ccc(Cl)cc2)[C@@]2(C(=O)Nc3ccccc32)N1c1ccc(F)cc1. The molecular formula is C44H28Cl2F2N4O4. The Morgan fingerprint density at radius 1 is 0.464 bits per heavy atom. The van der Waals surface area contributed by atoms with E-state index >= 15 is 0 Å². The number of anilines is 4. The number of amides is 4. The van der Waals surface area contributed by atoms with Gasteiger partial charge in [0.15, 0.2) is 11.1 Å². The minimum absolute atomic E-state index is 0.221. The van der Waals surface area contributed by atoms with E-state index in [0.29, 0.717) is 43.9 Å². The van der Waals surface area contributed by atoms with Gasteiger partial charge in [0.05, 0.1) is 0 Å². The molecule has 0 saturated carbocycles. The number of hydrogen-bond acceptors (Lipinski definition) is 4. The van der Waals surface area contributed by atoms with Crippen molar-refractivity contribution < 1.29 is 28.0 Å². The Morgan fingerprint density at radius 3 is 1.16 bits per heavy atom. The molecule has 2 spiro atoms. The third-order valence-electron chi connectivity index (χ3n) is 10.9. The molecule has 2 saturated heterocycles. The molecule has 0 aromatic heterocycles. The van der Waals surface area contributed by atoms with Crippen LogP contribution in [0, 0.1) is 11.6 Å². The number of nitrogens with one attached hydrogen (secondary N) is 2. The molecule has 4 heterocycles. The lowest BCUT2D eigenvalue weighted by Gasteiger charge is -2.54. The molecule has 4 aliphatic rings. The molecule has 6 aromatic rings. The monoisotopic (exact) mass is 784 g/mol. The molecule has 4 aliphatic heterocycles. The zero-order chi connectivity index (χ0) is 38.9. The maximum Gasteiger partial charge on any atom is 0.256 e. The van der Waals surface area contributed by atoms with Crippen LogP contribution in [0.15, 0.2) is 146 Å². The topological polar surface area (TPSA) is 98.8 Å². The van der Waals surface area contributed by atoms with Crippen molar-refractivity contribution >= 4 is 69.6 Å². The molecule has 276 valence electrons. The number of hydrogen-bond donors (Lipinski definition) is 2. The summed E-state index contributed by atoms with van der Waals surface area (Å²) in [5.74, 6) is -3.21. The van der Waals surface area contributed by atoms with Gasteiger partial charge >= 0.3 is 0 Å². The van der Waals surface area contributed by atoms with E-state index in [2.05, 4.69) is 10.6 Å². The van der Waals surface area contributed by atoms with Gasteiger partial charge in [-0.05, 0) is 96.1 Å². The highest BCUT2D eigenvalue weighted by molar-refractivity contribution is 6.31. The fourth-order valence-electron chi connectivity index (χ4n) is 8.56. The molecule has 0 radical (unpaired) electrons. The normalized spacial score (nSPS) is 22.8. The van der Waals surface area contributed by atoms with Gasteiger partial charge in [0, 0.05) is 43.9 Å². The van der Waals surface area contributed by atoms with Crippen LogP contribution < -0.4 is 20.4 Å². The summed E-state index contributed by atoms with van der Waals surface area (Å²) in [5, 5.41) is 6.90. The Balaban J connectivity index is 0.000000146. The van der Waals surface area contributed by atoms with Gasteiger partial charge in [0.1, 0.15) is 23.5 Å². The first kappa shape index (κ1) is 35.3. The van der Waals surface area contributed by atoms with Gasteiger partial charge in [-0.25, -0.2) is 8.78 Å². The van der Waals surface area contributed by atoms with Crippen LogP contribution in [0.25, 0.3) is 0 Å². The number of halogens is 4. The molecule has 12 heteroatoms. The van der Waals surface area contributed by atoms with E-state index in [-0.39, 0.29) is 23.6 Å². The van der Waals surface area contributed by atoms with Crippen molar-refractivity contribution in [1.29, 1.82) is 0 Å². The van der Waals surface area contributed by atoms with Gasteiger partial charge in [-0.1, -0.05) is 83.9 Å². The molecule has 0 bridgehead atoms. The quantitative estimate of drug-likeness (QED) is 0.175. The van der Waals surface area contributed by atoms with Crippen LogP contribution in [0.4, 0.5) is 31.5 Å². The summed E-state index contributed by atoms with van der Waals surface area (Å²) in [6, 6.07) is 39.7. The molecule has 4 atom stereocenters. The third kappa shape index (κ3) is 5.02. The second kappa shape index (κ2) is 13.1. The zero-order valence-corrected chi connectivity index (χ0v) is 30.6. The Morgan fingerprint density at radius 2 is 0.804 bits per heavy atom. The van der Waals surface area contributed by atoms with Crippen LogP contribution >= 0.6 is 23.2 Å². The van der Waals surface area contributed by atoms with E-state index < -0.39 is 34.5 Å². The highest BCUT2D eigenvalue weighted by Gasteiger charge is 2.70. The van der Waals surface area contributed by atoms with Crippen LogP contribution in [0.5, 0.6) is 0 Å². The lowest BCUT2D eigenvalue weighted by Crippen LogP contribution is -2.70. The highest BCUT2D eigenvalue weighted by atomic mass is 35.5. The maximum absolute atomic E-state index is 13.4. The Kier molecular flexibility index (Phi) is 8.30. The van der Waals surface area contributed by atoms with Crippen LogP contribution in [0.3, 0.4) is 0 Å². The lowest BCUT2D eigenvalue weighted by molar-refractivity contribution is -0.139. The largest absolute Gasteiger partial charge is 0.323 e. The molecule has 2 N–H and O–H groups in total. The fraction of sp³-hybridized carbons (Fsp3) is 0.0909. The molecular weight excluding hydrogens is 757 g/mol. The molecule has 6 aromatic carbocycles. The van der Waals surface area contributed by atoms with Crippen molar-refractivity contribution in [2.75, 3.05) is 20.4 Å². The number of fused-ring (bicyclic) bond motifs is 4. The number of para-hydroxylation sites is 2. The summed E-state index contributed by atoms with van der Waals surface area (Å²) in [5.41, 5.74) is 2.72. The maximum atomic E-state index is 13.4. The van der Waals surface area contributed by atoms with E-state index in [1.807, 2.05) is 48.5 Å². The first-order valence-electron chi connectivity index (χ1n) is 17.6. The summed E-state index contributed by atoms with van der Waals surface area (Å²) in [7, 11) is 0. The summed E-state index contributed by atoms with van der Waals surface area (Å²) in [6.45, 7) is 0. The van der Waals surface area contributed by atoms with Gasteiger partial charge in [-0.15, -0.1) is 0 Å². The highest BCUT2D eigenvalue weighted by Crippen LogP contribution is 2.60. The van der Waals surface area contributed by atoms with Crippen molar-refractivity contribution in [3.05, 3.63) is 190 Å². The first-order valence-corrected chi connectivity index (χ1v) is 18.3. The Labute approximate surface area is 329 Å². The van der Waals surface area contributed by atoms with E-state index in [1.54, 1.807) is 48.5 Å². The average Bonchev–Trinajstić information content (AvgIpc) is 3.67. The van der Waals surface area contributed by atoms with Crippen molar-refractivity contribution in [3.8, 4) is 0 Å². The van der Waals surface area contributed by atoms with E-state index in [9.17, 15) is 28.0 Å². The number of β-lactam (4-membered cyclic amide) rings is 2. The second-order valence-electron chi connectivity index (χ2n) is 13.8. The molecule has 0 unspecified atom stereocenters. The molecule has 8 nitrogen and oxygen atoms in total. The number of nitrogens with zero attached hydrogens (tertiary/aromatic N) is 2. The van der Waals surface area contributed by atoms with E-state index in [4.69, 9.17) is 23.2 Å². The van der Waals surface area contributed by atoms with Crippen molar-refractivity contribution in [2.45, 2.75) is 22.9 Å². The van der Waals surface area contributed by atoms with Crippen LogP contribution in [0.1, 0.15) is 34.1 Å². The average molecular weight is 786 g/mol. The van der Waals surface area contributed by atoms with Crippen molar-refractivity contribution in [3.63, 3.8) is 0 Å². The number of benzene rings is 6. The zero-order valence-electron chi connectivity index (χ0n) is 29.1. The minimum Gasteiger partial charge on any atom is -0.323 e. The van der Waals surface area contributed by atoms with Gasteiger partial charge in [0.2, 0.25) is 11.8 Å². The number of carbonyl (C=O) groups excluding carboxylic acids is 4. The van der Waals surface area contributed by atoms with E-state index in [0.717, 1.165) is 11.1 Å². The van der Waals surface area contributed by atoms with Crippen LogP contribution in [-0.2, 0) is 30.3 Å². The molecule has 10 rings (SSSR count). The molecule has 2 fully saturated rings. The summed E-state index contributed by atoms with van der Waals surface area (Å²) < 4.78 is 26.9. The molecule has 0 aliphatic carbocycles. The Bertz CT molecular complexity index is 2290. The van der Waals surface area contributed by atoms with Crippen LogP contribution in [-0.4, -0.2) is 23.6 Å². The van der Waals surface area contributed by atoms with Gasteiger partial charge < -0.3 is 10.6 Å². The van der Waals surface area contributed by atoms with Gasteiger partial charge in [-0.3, -0.25) is 29.0 Å². The van der Waals surface area contributed by atoms with E-state index in [1.165, 1.54) is 58.3 Å². The Hall–Kier alpha value is -6.36. The van der Waals surface area contributed by atoms with Crippen LogP contribution in [0.2, 0.25) is 10.0 Å². The van der Waals surface area contributed by atoms with Gasteiger partial charge in [0.25, 0.3) is 11.8 Å². The predicted octanol–water partition coefficient (Wildman–Crippen LogP) is 8.91. The fourth-order valence-corrected chi connectivity index (χ4v) is 8.81. The van der Waals surface area contributed by atoms with Crippen molar-refractivity contribution in [2.24, 2.45) is 0 Å². The molecule has 56 heavy (non-hydrogen) atoms. The number of carbonyl (C=O) groups is 4. The summed E-state index contributed by atoms with van der Waals surface area (Å²) in [6.07, 6.45) is 0. The summed E-state index contributed by atoms with van der Waals surface area (Å²) in [4.78, 5) is 56.0.